The molecule has 0 radical (unpaired) electrons. The Labute approximate surface area is 242 Å². The van der Waals surface area contributed by atoms with E-state index in [0.29, 0.717) is 55.8 Å². The highest BCUT2D eigenvalue weighted by Crippen LogP contribution is 2.39. The van der Waals surface area contributed by atoms with Gasteiger partial charge in [0.15, 0.2) is 16.3 Å². The molecule has 4 rings (SSSR count). The zero-order valence-corrected chi connectivity index (χ0v) is 24.8. The Kier molecular flexibility index (Phi) is 9.85. The molecule has 0 bridgehead atoms. The zero-order chi connectivity index (χ0) is 29.5. The summed E-state index contributed by atoms with van der Waals surface area (Å²) >= 11 is 1.22. The number of carbonyl (C=O) groups is 1. The van der Waals surface area contributed by atoms with E-state index >= 15 is 0 Å². The fourth-order valence-electron chi connectivity index (χ4n) is 4.56. The van der Waals surface area contributed by atoms with Gasteiger partial charge in [0.05, 0.1) is 50.3 Å². The number of fused-ring (bicyclic) bond motifs is 1. The lowest BCUT2D eigenvalue weighted by Gasteiger charge is -2.26. The first-order valence-electron chi connectivity index (χ1n) is 13.1. The number of hydrogen-bond acceptors (Lipinski definition) is 10. The predicted octanol–water partition coefficient (Wildman–Crippen LogP) is 3.24. The van der Waals surface area contributed by atoms with Gasteiger partial charge in [0.25, 0.3) is 5.56 Å². The number of aromatic nitrogens is 1. The lowest BCUT2D eigenvalue weighted by atomic mass is 9.95. The van der Waals surface area contributed by atoms with Gasteiger partial charge in [0.1, 0.15) is 18.4 Å². The molecule has 0 saturated heterocycles. The minimum atomic E-state index is -0.809. The van der Waals surface area contributed by atoms with E-state index in [1.165, 1.54) is 44.3 Å². The second kappa shape index (κ2) is 13.5. The second-order valence-corrected chi connectivity index (χ2v) is 10.1. The minimum Gasteiger partial charge on any atom is -0.493 e. The van der Waals surface area contributed by atoms with E-state index < -0.39 is 12.0 Å². The summed E-state index contributed by atoms with van der Waals surface area (Å²) in [5.74, 6) is 1.38. The first-order valence-corrected chi connectivity index (χ1v) is 13.9. The van der Waals surface area contributed by atoms with Crippen molar-refractivity contribution in [2.45, 2.75) is 26.3 Å². The maximum atomic E-state index is 14.1. The lowest BCUT2D eigenvalue weighted by Crippen LogP contribution is -2.40. The number of nitrogens with zero attached hydrogens (tertiary/aromatic N) is 2. The molecule has 10 nitrogen and oxygen atoms in total. The number of allylic oxidation sites excluding steroid dienone is 1. The number of ether oxygens (including phenoxy) is 6. The van der Waals surface area contributed by atoms with Gasteiger partial charge in [-0.15, -0.1) is 0 Å². The molecule has 11 heteroatoms. The van der Waals surface area contributed by atoms with Crippen LogP contribution in [0.3, 0.4) is 0 Å². The SMILES string of the molecule is CCCOc1ccccc1[C@@H]1C(C(=O)OCCOC)=C(C)N=c2s/c(=C/c3cc(OC)c(OC)c(OC)c3)c(=O)n21. The topological polar surface area (TPSA) is 107 Å². The zero-order valence-electron chi connectivity index (χ0n) is 24.0. The molecular weight excluding hydrogens is 548 g/mol. The van der Waals surface area contributed by atoms with Gasteiger partial charge in [-0.2, -0.15) is 0 Å². The molecule has 0 N–H and O–H groups in total. The van der Waals surface area contributed by atoms with E-state index in [9.17, 15) is 9.59 Å². The predicted molar refractivity (Wildman–Crippen MR) is 155 cm³/mol. The number of hydrogen-bond donors (Lipinski definition) is 0. The molecule has 0 aliphatic carbocycles. The third kappa shape index (κ3) is 6.15. The number of methoxy groups -OCH3 is 4. The Hall–Kier alpha value is -4.09. The van der Waals surface area contributed by atoms with Crippen molar-refractivity contribution in [3.63, 3.8) is 0 Å². The third-order valence-corrected chi connectivity index (χ3v) is 7.41. The Morgan fingerprint density at radius 2 is 1.71 bits per heavy atom. The van der Waals surface area contributed by atoms with Crippen molar-refractivity contribution in [2.24, 2.45) is 4.99 Å². The van der Waals surface area contributed by atoms with Crippen LogP contribution in [0.15, 0.2) is 57.5 Å². The van der Waals surface area contributed by atoms with Gasteiger partial charge in [0, 0.05) is 12.7 Å². The van der Waals surface area contributed by atoms with E-state index in [2.05, 4.69) is 4.99 Å². The van der Waals surface area contributed by atoms with Crippen molar-refractivity contribution < 1.29 is 33.2 Å². The average molecular weight is 583 g/mol. The van der Waals surface area contributed by atoms with Crippen molar-refractivity contribution in [2.75, 3.05) is 48.3 Å². The van der Waals surface area contributed by atoms with Crippen molar-refractivity contribution in [1.82, 2.24) is 4.57 Å². The lowest BCUT2D eigenvalue weighted by molar-refractivity contribution is -0.140. The molecule has 0 spiro atoms. The molecule has 2 aromatic carbocycles. The summed E-state index contributed by atoms with van der Waals surface area (Å²) in [5.41, 5.74) is 1.74. The van der Waals surface area contributed by atoms with Gasteiger partial charge < -0.3 is 28.4 Å². The van der Waals surface area contributed by atoms with Gasteiger partial charge in [-0.05, 0) is 43.2 Å². The normalized spacial score (nSPS) is 14.8. The maximum Gasteiger partial charge on any atom is 0.338 e. The van der Waals surface area contributed by atoms with Crippen LogP contribution in [0.25, 0.3) is 6.08 Å². The number of para-hydroxylation sites is 1. The molecule has 1 aromatic heterocycles. The van der Waals surface area contributed by atoms with Gasteiger partial charge >= 0.3 is 5.97 Å². The Morgan fingerprint density at radius 3 is 2.34 bits per heavy atom. The summed E-state index contributed by atoms with van der Waals surface area (Å²) in [6.45, 7) is 4.55. The quantitative estimate of drug-likeness (QED) is 0.237. The molecule has 3 aromatic rings. The molecule has 0 amide bonds. The van der Waals surface area contributed by atoms with Gasteiger partial charge in [-0.1, -0.05) is 36.5 Å². The first kappa shape index (κ1) is 29.9. The van der Waals surface area contributed by atoms with Crippen molar-refractivity contribution in [3.8, 4) is 23.0 Å². The van der Waals surface area contributed by atoms with E-state index in [0.717, 1.165) is 6.42 Å². The Morgan fingerprint density at radius 1 is 1.00 bits per heavy atom. The fraction of sp³-hybridized carbons (Fsp3) is 0.367. The molecule has 1 aliphatic heterocycles. The summed E-state index contributed by atoms with van der Waals surface area (Å²) in [7, 11) is 6.12. The molecule has 0 unspecified atom stereocenters. The van der Waals surface area contributed by atoms with Crippen LogP contribution in [-0.2, 0) is 14.3 Å². The Balaban J connectivity index is 1.93. The highest BCUT2D eigenvalue weighted by molar-refractivity contribution is 7.07. The monoisotopic (exact) mass is 582 g/mol. The molecule has 218 valence electrons. The maximum absolute atomic E-state index is 14.1. The highest BCUT2D eigenvalue weighted by atomic mass is 32.1. The third-order valence-electron chi connectivity index (χ3n) is 6.42. The summed E-state index contributed by atoms with van der Waals surface area (Å²) in [4.78, 5) is 32.6. The standard InChI is InChI=1S/C30H34N2O8S/c1-7-12-39-21-11-9-8-10-20(21)26-25(29(34)40-14-13-35-3)18(2)31-30-32(26)28(33)24(41-30)17-19-15-22(36-4)27(38-6)23(16-19)37-5/h8-11,15-17,26H,7,12-14H2,1-6H3/b24-17+/t26-/m1/s1. The Bertz CT molecular complexity index is 1600. The molecular formula is C30H34N2O8S. The average Bonchev–Trinajstić information content (AvgIpc) is 3.28. The molecule has 0 saturated carbocycles. The van der Waals surface area contributed by atoms with Crippen LogP contribution >= 0.6 is 11.3 Å². The van der Waals surface area contributed by atoms with Crippen LogP contribution in [0.1, 0.15) is 37.4 Å². The summed E-state index contributed by atoms with van der Waals surface area (Å²) in [6.07, 6.45) is 2.54. The van der Waals surface area contributed by atoms with Crippen LogP contribution < -0.4 is 33.8 Å². The van der Waals surface area contributed by atoms with E-state index in [1.807, 2.05) is 31.2 Å². The molecule has 41 heavy (non-hydrogen) atoms. The highest BCUT2D eigenvalue weighted by Gasteiger charge is 2.35. The van der Waals surface area contributed by atoms with Crippen LogP contribution in [0.5, 0.6) is 23.0 Å². The molecule has 1 atom stereocenters. The van der Waals surface area contributed by atoms with Crippen LogP contribution in [0.2, 0.25) is 0 Å². The smallest absolute Gasteiger partial charge is 0.338 e. The number of benzene rings is 2. The van der Waals surface area contributed by atoms with Crippen molar-refractivity contribution in [3.05, 3.63) is 78.5 Å². The second-order valence-electron chi connectivity index (χ2n) is 9.06. The van der Waals surface area contributed by atoms with Gasteiger partial charge in [-0.25, -0.2) is 9.79 Å². The van der Waals surface area contributed by atoms with Crippen molar-refractivity contribution >= 4 is 23.4 Å². The van der Waals surface area contributed by atoms with Crippen LogP contribution in [0.4, 0.5) is 0 Å². The van der Waals surface area contributed by atoms with E-state index in [1.54, 1.807) is 25.1 Å². The van der Waals surface area contributed by atoms with Crippen LogP contribution in [-0.4, -0.2) is 58.8 Å². The fourth-order valence-corrected chi connectivity index (χ4v) is 5.60. The molecule has 2 heterocycles. The summed E-state index contributed by atoms with van der Waals surface area (Å²) < 4.78 is 34.9. The van der Waals surface area contributed by atoms with Crippen LogP contribution in [0, 0.1) is 0 Å². The largest absolute Gasteiger partial charge is 0.493 e. The number of rotatable bonds is 12. The van der Waals surface area contributed by atoms with E-state index in [4.69, 9.17) is 28.4 Å². The molecule has 0 fully saturated rings. The van der Waals surface area contributed by atoms with E-state index in [-0.39, 0.29) is 24.3 Å². The summed E-state index contributed by atoms with van der Waals surface area (Å²) in [5, 5.41) is 0. The summed E-state index contributed by atoms with van der Waals surface area (Å²) in [6, 6.07) is 10.1. The number of thiazole rings is 1. The number of esters is 1. The van der Waals surface area contributed by atoms with Crippen molar-refractivity contribution in [1.29, 1.82) is 0 Å². The molecule has 1 aliphatic rings. The first-order chi connectivity index (χ1) is 19.9. The minimum absolute atomic E-state index is 0.0678. The van der Waals surface area contributed by atoms with Gasteiger partial charge in [-0.3, -0.25) is 9.36 Å². The van der Waals surface area contributed by atoms with Gasteiger partial charge in [0.2, 0.25) is 5.75 Å². The number of carbonyl (C=O) groups excluding carboxylic acids is 1.